The monoisotopic (exact) mass is 618 g/mol. The maximum absolute atomic E-state index is 14.3. The van der Waals surface area contributed by atoms with E-state index in [0.717, 1.165) is 27.5 Å². The zero-order valence-electron chi connectivity index (χ0n) is 25.7. The van der Waals surface area contributed by atoms with Crippen LogP contribution in [-0.4, -0.2) is 23.2 Å². The van der Waals surface area contributed by atoms with Gasteiger partial charge in [0.05, 0.1) is 34.6 Å². The van der Waals surface area contributed by atoms with Crippen LogP contribution in [0.3, 0.4) is 0 Å². The highest BCUT2D eigenvalue weighted by molar-refractivity contribution is 7.07. The number of rotatable bonds is 9. The van der Waals surface area contributed by atoms with E-state index in [0.29, 0.717) is 45.3 Å². The number of benzene rings is 4. The summed E-state index contributed by atoms with van der Waals surface area (Å²) in [6.45, 7) is 8.24. The SMILES string of the molecule is CCOc1ccc([C@H]2C(C(=O)OC(C)C)=C(C)N=c3s/c(=C/c4c(OCc5ccccc5)ccc5ccccc45)c(=O)n32)cc1. The molecule has 7 nitrogen and oxygen atoms in total. The van der Waals surface area contributed by atoms with Gasteiger partial charge in [0.1, 0.15) is 18.1 Å². The number of hydrogen-bond acceptors (Lipinski definition) is 7. The first kappa shape index (κ1) is 30.1. The maximum Gasteiger partial charge on any atom is 0.338 e. The zero-order valence-corrected chi connectivity index (χ0v) is 26.5. The van der Waals surface area contributed by atoms with Gasteiger partial charge in [0.15, 0.2) is 4.80 Å². The van der Waals surface area contributed by atoms with E-state index in [-0.39, 0.29) is 11.7 Å². The van der Waals surface area contributed by atoms with E-state index in [4.69, 9.17) is 19.2 Å². The Morgan fingerprint density at radius 2 is 1.69 bits per heavy atom. The van der Waals surface area contributed by atoms with E-state index >= 15 is 0 Å². The van der Waals surface area contributed by atoms with Crippen LogP contribution in [0.5, 0.6) is 11.5 Å². The fraction of sp³-hybridized carbons (Fsp3) is 0.216. The fourth-order valence-electron chi connectivity index (χ4n) is 5.51. The molecule has 0 N–H and O–H groups in total. The van der Waals surface area contributed by atoms with Gasteiger partial charge in [0, 0.05) is 5.56 Å². The Morgan fingerprint density at radius 1 is 0.956 bits per heavy atom. The molecule has 8 heteroatoms. The molecule has 0 unspecified atom stereocenters. The zero-order chi connectivity index (χ0) is 31.5. The molecule has 1 aromatic heterocycles. The van der Waals surface area contributed by atoms with E-state index in [1.165, 1.54) is 11.3 Å². The second-order valence-electron chi connectivity index (χ2n) is 11.0. The minimum atomic E-state index is -0.716. The minimum Gasteiger partial charge on any atom is -0.494 e. The average Bonchev–Trinajstić information content (AvgIpc) is 3.34. The van der Waals surface area contributed by atoms with E-state index in [2.05, 4.69) is 0 Å². The fourth-order valence-corrected chi connectivity index (χ4v) is 6.53. The van der Waals surface area contributed by atoms with Gasteiger partial charge in [-0.15, -0.1) is 0 Å². The Bertz CT molecular complexity index is 2080. The lowest BCUT2D eigenvalue weighted by molar-refractivity contribution is -0.143. The quantitative estimate of drug-likeness (QED) is 0.181. The van der Waals surface area contributed by atoms with Crippen molar-refractivity contribution in [3.63, 3.8) is 0 Å². The van der Waals surface area contributed by atoms with E-state index in [9.17, 15) is 9.59 Å². The largest absolute Gasteiger partial charge is 0.494 e. The van der Waals surface area contributed by atoms with Crippen molar-refractivity contribution < 1.29 is 19.0 Å². The highest BCUT2D eigenvalue weighted by Crippen LogP contribution is 2.33. The molecule has 1 aliphatic rings. The summed E-state index contributed by atoms with van der Waals surface area (Å²) in [5.41, 5.74) is 3.22. The van der Waals surface area contributed by atoms with Crippen molar-refractivity contribution in [2.24, 2.45) is 4.99 Å². The van der Waals surface area contributed by atoms with Crippen LogP contribution in [0, 0.1) is 0 Å². The molecule has 1 aliphatic heterocycles. The second kappa shape index (κ2) is 13.0. The predicted molar refractivity (Wildman–Crippen MR) is 177 cm³/mol. The lowest BCUT2D eigenvalue weighted by Crippen LogP contribution is -2.40. The van der Waals surface area contributed by atoms with Crippen LogP contribution in [-0.2, 0) is 16.1 Å². The number of esters is 1. The molecule has 5 aromatic rings. The lowest BCUT2D eigenvalue weighted by Gasteiger charge is -2.25. The van der Waals surface area contributed by atoms with Crippen LogP contribution in [0.25, 0.3) is 16.8 Å². The number of allylic oxidation sites excluding steroid dienone is 1. The van der Waals surface area contributed by atoms with Gasteiger partial charge in [-0.05, 0) is 73.9 Å². The van der Waals surface area contributed by atoms with Crippen molar-refractivity contribution in [3.8, 4) is 11.5 Å². The number of ether oxygens (including phenoxy) is 3. The summed E-state index contributed by atoms with van der Waals surface area (Å²) in [7, 11) is 0. The smallest absolute Gasteiger partial charge is 0.338 e. The van der Waals surface area contributed by atoms with Crippen LogP contribution < -0.4 is 24.4 Å². The van der Waals surface area contributed by atoms with E-state index < -0.39 is 12.0 Å². The summed E-state index contributed by atoms with van der Waals surface area (Å²) in [4.78, 5) is 33.1. The Balaban J connectivity index is 1.52. The summed E-state index contributed by atoms with van der Waals surface area (Å²) < 4.78 is 19.7. The molecule has 2 heterocycles. The van der Waals surface area contributed by atoms with Crippen LogP contribution in [0.2, 0.25) is 0 Å². The summed E-state index contributed by atoms with van der Waals surface area (Å²) in [6, 6.07) is 28.7. The van der Waals surface area contributed by atoms with Gasteiger partial charge in [-0.2, -0.15) is 0 Å². The molecule has 4 aromatic carbocycles. The third kappa shape index (κ3) is 6.19. The Labute approximate surface area is 265 Å². The molecule has 0 radical (unpaired) electrons. The van der Waals surface area contributed by atoms with Crippen molar-refractivity contribution in [3.05, 3.63) is 139 Å². The summed E-state index contributed by atoms with van der Waals surface area (Å²) in [5.74, 6) is 0.883. The van der Waals surface area contributed by atoms with Gasteiger partial charge < -0.3 is 14.2 Å². The number of carbonyl (C=O) groups is 1. The molecule has 0 fully saturated rings. The van der Waals surface area contributed by atoms with Crippen LogP contribution in [0.4, 0.5) is 0 Å². The van der Waals surface area contributed by atoms with E-state index in [1.807, 2.05) is 104 Å². The third-order valence-electron chi connectivity index (χ3n) is 7.53. The first-order valence-corrected chi connectivity index (χ1v) is 15.8. The van der Waals surface area contributed by atoms with Gasteiger partial charge >= 0.3 is 5.97 Å². The Kier molecular flexibility index (Phi) is 8.67. The molecule has 45 heavy (non-hydrogen) atoms. The molecule has 228 valence electrons. The first-order valence-electron chi connectivity index (χ1n) is 15.0. The molecule has 0 amide bonds. The van der Waals surface area contributed by atoms with Crippen LogP contribution >= 0.6 is 11.3 Å². The summed E-state index contributed by atoms with van der Waals surface area (Å²) >= 11 is 1.29. The van der Waals surface area contributed by atoms with Gasteiger partial charge in [0.25, 0.3) is 5.56 Å². The standard InChI is InChI=1S/C37H34N2O5S/c1-5-42-28-18-15-27(16-19-28)34-33(36(41)44-23(2)3)24(4)38-37-39(34)35(40)32(45-37)21-30-29-14-10-9-13-26(29)17-20-31(30)43-22-25-11-7-6-8-12-25/h6-21,23,34H,5,22H2,1-4H3/b32-21+/t34-/m0/s1. The van der Waals surface area contributed by atoms with Crippen molar-refractivity contribution in [1.82, 2.24) is 4.57 Å². The van der Waals surface area contributed by atoms with Crippen LogP contribution in [0.15, 0.2) is 112 Å². The first-order chi connectivity index (χ1) is 21.8. The molecule has 1 atom stereocenters. The normalized spacial score (nSPS) is 14.8. The van der Waals surface area contributed by atoms with Crippen LogP contribution in [0.1, 0.15) is 50.4 Å². The second-order valence-corrected chi connectivity index (χ2v) is 12.0. The third-order valence-corrected chi connectivity index (χ3v) is 8.52. The number of nitrogens with zero attached hydrogens (tertiary/aromatic N) is 2. The van der Waals surface area contributed by atoms with Gasteiger partial charge in [-0.3, -0.25) is 9.36 Å². The topological polar surface area (TPSA) is 79.1 Å². The number of hydrogen-bond donors (Lipinski definition) is 0. The van der Waals surface area contributed by atoms with Crippen molar-refractivity contribution in [2.75, 3.05) is 6.61 Å². The highest BCUT2D eigenvalue weighted by atomic mass is 32.1. The highest BCUT2D eigenvalue weighted by Gasteiger charge is 2.34. The Hall–Kier alpha value is -4.95. The average molecular weight is 619 g/mol. The Morgan fingerprint density at radius 3 is 2.42 bits per heavy atom. The van der Waals surface area contributed by atoms with Gasteiger partial charge in [-0.25, -0.2) is 9.79 Å². The van der Waals surface area contributed by atoms with Crippen molar-refractivity contribution in [2.45, 2.75) is 46.4 Å². The van der Waals surface area contributed by atoms with Gasteiger partial charge in [-0.1, -0.05) is 84.1 Å². The van der Waals surface area contributed by atoms with Crippen molar-refractivity contribution in [1.29, 1.82) is 0 Å². The minimum absolute atomic E-state index is 0.248. The number of carbonyl (C=O) groups excluding carboxylic acids is 1. The number of thiazole rings is 1. The number of fused-ring (bicyclic) bond motifs is 2. The lowest BCUT2D eigenvalue weighted by atomic mass is 9.95. The maximum atomic E-state index is 14.3. The molecule has 6 rings (SSSR count). The molecular formula is C37H34N2O5S. The molecule has 0 saturated carbocycles. The van der Waals surface area contributed by atoms with Crippen molar-refractivity contribution >= 4 is 34.2 Å². The molecule has 0 saturated heterocycles. The van der Waals surface area contributed by atoms with Gasteiger partial charge in [0.2, 0.25) is 0 Å². The molecule has 0 spiro atoms. The van der Waals surface area contributed by atoms with E-state index in [1.54, 1.807) is 25.3 Å². The summed E-state index contributed by atoms with van der Waals surface area (Å²) in [6.07, 6.45) is 1.55. The predicted octanol–water partition coefficient (Wildman–Crippen LogP) is 6.32. The molecular weight excluding hydrogens is 584 g/mol. The number of aromatic nitrogens is 1. The summed E-state index contributed by atoms with van der Waals surface area (Å²) in [5, 5.41) is 2.00. The molecule has 0 aliphatic carbocycles. The molecule has 0 bridgehead atoms.